The summed E-state index contributed by atoms with van der Waals surface area (Å²) in [6.45, 7) is 13.6. The van der Waals surface area contributed by atoms with Gasteiger partial charge in [0.05, 0.1) is 17.3 Å². The minimum Gasteiger partial charge on any atom is -0.309 e. The zero-order chi connectivity index (χ0) is 20.6. The smallest absolute Gasteiger partial charge is 0.250 e. The molecule has 2 rings (SSSR count). The Bertz CT molecular complexity index is 902. The van der Waals surface area contributed by atoms with Gasteiger partial charge < -0.3 is 5.32 Å². The van der Waals surface area contributed by atoms with Crippen LogP contribution in [0.1, 0.15) is 54.2 Å². The predicted molar refractivity (Wildman–Crippen MR) is 109 cm³/mol. The number of carbonyl (C=O) groups excluding carboxylic acids is 1. The van der Waals surface area contributed by atoms with Crippen molar-refractivity contribution in [3.05, 3.63) is 29.3 Å². The van der Waals surface area contributed by atoms with Crippen LogP contribution in [-0.2, 0) is 25.8 Å². The zero-order valence-electron chi connectivity index (χ0n) is 16.8. The molecule has 150 valence electrons. The van der Waals surface area contributed by atoms with Gasteiger partial charge in [-0.2, -0.15) is 9.82 Å². The molecule has 1 atom stereocenters. The van der Waals surface area contributed by atoms with Gasteiger partial charge in [0.15, 0.2) is 0 Å². The molecule has 0 bridgehead atoms. The van der Waals surface area contributed by atoms with Gasteiger partial charge in [0.1, 0.15) is 10.0 Å². The first-order valence-electron chi connectivity index (χ1n) is 8.69. The fraction of sp³-hybridized carbons (Fsp3) is 0.556. The highest BCUT2D eigenvalue weighted by atomic mass is 32.2. The molecular formula is C18H28N4O3S2. The minimum atomic E-state index is -3.72. The molecule has 0 fully saturated rings. The van der Waals surface area contributed by atoms with Crippen molar-refractivity contribution < 1.29 is 13.2 Å². The van der Waals surface area contributed by atoms with Crippen LogP contribution in [0.25, 0.3) is 0 Å². The van der Waals surface area contributed by atoms with E-state index in [4.69, 9.17) is 0 Å². The Morgan fingerprint density at radius 1 is 1.22 bits per heavy atom. The number of carbonyl (C=O) groups is 1. The third kappa shape index (κ3) is 5.18. The van der Waals surface area contributed by atoms with Gasteiger partial charge in [-0.05, 0) is 39.1 Å². The van der Waals surface area contributed by atoms with E-state index in [1.54, 1.807) is 16.1 Å². The Hall–Kier alpha value is -1.71. The molecule has 0 radical (unpaired) electrons. The standard InChI is InChI=1S/C18H28N4O3S2/c1-12(21-27(24,25)15-9-8-10-26-15)16(23)19-14-11-13(17(2,3)4)20-22(14)18(5,6)7/h8-12,21H,1-7H3,(H,19,23). The van der Waals surface area contributed by atoms with Crippen molar-refractivity contribution in [3.63, 3.8) is 0 Å². The van der Waals surface area contributed by atoms with Gasteiger partial charge in [0.25, 0.3) is 10.0 Å². The second-order valence-electron chi connectivity index (χ2n) is 8.51. The third-order valence-corrected chi connectivity index (χ3v) is 6.79. The highest BCUT2D eigenvalue weighted by Crippen LogP contribution is 2.28. The number of sulfonamides is 1. The first kappa shape index (κ1) is 21.6. The summed E-state index contributed by atoms with van der Waals surface area (Å²) in [5, 5.41) is 9.14. The Labute approximate surface area is 165 Å². The number of hydrogen-bond donors (Lipinski definition) is 2. The van der Waals surface area contributed by atoms with Crippen LogP contribution < -0.4 is 10.0 Å². The molecule has 0 aliphatic carbocycles. The molecule has 0 aromatic carbocycles. The average Bonchev–Trinajstić information content (AvgIpc) is 3.15. The molecular weight excluding hydrogens is 384 g/mol. The van der Waals surface area contributed by atoms with Crippen LogP contribution in [-0.4, -0.2) is 30.1 Å². The number of nitrogens with one attached hydrogen (secondary N) is 2. The molecule has 27 heavy (non-hydrogen) atoms. The van der Waals surface area contributed by atoms with E-state index in [1.807, 2.05) is 47.6 Å². The first-order chi connectivity index (χ1) is 12.2. The summed E-state index contributed by atoms with van der Waals surface area (Å²) >= 11 is 1.10. The Balaban J connectivity index is 2.23. The first-order valence-corrected chi connectivity index (χ1v) is 11.1. The van der Waals surface area contributed by atoms with Crippen LogP contribution in [0.3, 0.4) is 0 Å². The lowest BCUT2D eigenvalue weighted by atomic mass is 9.92. The van der Waals surface area contributed by atoms with Crippen LogP contribution in [0, 0.1) is 0 Å². The summed E-state index contributed by atoms with van der Waals surface area (Å²) in [7, 11) is -3.72. The lowest BCUT2D eigenvalue weighted by Crippen LogP contribution is -2.42. The van der Waals surface area contributed by atoms with E-state index in [9.17, 15) is 13.2 Å². The summed E-state index contributed by atoms with van der Waals surface area (Å²) in [6, 6.07) is 4.06. The van der Waals surface area contributed by atoms with Gasteiger partial charge >= 0.3 is 0 Å². The fourth-order valence-corrected chi connectivity index (χ4v) is 4.56. The van der Waals surface area contributed by atoms with Gasteiger partial charge in [-0.3, -0.25) is 4.79 Å². The average molecular weight is 413 g/mol. The number of aromatic nitrogens is 2. The molecule has 2 aromatic rings. The van der Waals surface area contributed by atoms with Crippen molar-refractivity contribution in [3.8, 4) is 0 Å². The van der Waals surface area contributed by atoms with Crippen LogP contribution >= 0.6 is 11.3 Å². The Morgan fingerprint density at radius 3 is 2.33 bits per heavy atom. The number of anilines is 1. The molecule has 0 saturated heterocycles. The largest absolute Gasteiger partial charge is 0.309 e. The number of thiophene rings is 1. The quantitative estimate of drug-likeness (QED) is 0.788. The Kier molecular flexibility index (Phi) is 5.89. The minimum absolute atomic E-state index is 0.178. The lowest BCUT2D eigenvalue weighted by molar-refractivity contribution is -0.117. The molecule has 1 unspecified atom stereocenters. The molecule has 2 heterocycles. The summed E-state index contributed by atoms with van der Waals surface area (Å²) in [4.78, 5) is 12.6. The monoisotopic (exact) mass is 412 g/mol. The van der Waals surface area contributed by atoms with Crippen LogP contribution in [0.4, 0.5) is 5.82 Å². The Morgan fingerprint density at radius 2 is 1.85 bits per heavy atom. The topological polar surface area (TPSA) is 93.1 Å². The van der Waals surface area contributed by atoms with Gasteiger partial charge in [-0.15, -0.1) is 11.3 Å². The SMILES string of the molecule is CC(NS(=O)(=O)c1cccs1)C(=O)Nc1cc(C(C)(C)C)nn1C(C)(C)C. The molecule has 9 heteroatoms. The van der Waals surface area contributed by atoms with Crippen LogP contribution in [0.15, 0.2) is 27.8 Å². The normalized spacial score (nSPS) is 14.2. The maximum Gasteiger partial charge on any atom is 0.250 e. The van der Waals surface area contributed by atoms with Crippen molar-refractivity contribution in [2.75, 3.05) is 5.32 Å². The lowest BCUT2D eigenvalue weighted by Gasteiger charge is -2.23. The third-order valence-electron chi connectivity index (χ3n) is 3.85. The number of rotatable bonds is 5. The van der Waals surface area contributed by atoms with E-state index in [0.29, 0.717) is 5.82 Å². The van der Waals surface area contributed by atoms with Crippen LogP contribution in [0.5, 0.6) is 0 Å². The molecule has 2 N–H and O–H groups in total. The summed E-state index contributed by atoms with van der Waals surface area (Å²) in [6.07, 6.45) is 0. The van der Waals surface area contributed by atoms with E-state index in [-0.39, 0.29) is 15.2 Å². The zero-order valence-corrected chi connectivity index (χ0v) is 18.5. The van der Waals surface area contributed by atoms with Gasteiger partial charge in [-0.25, -0.2) is 13.1 Å². The van der Waals surface area contributed by atoms with E-state index in [0.717, 1.165) is 17.0 Å². The molecule has 2 aromatic heterocycles. The van der Waals surface area contributed by atoms with E-state index in [2.05, 4.69) is 15.1 Å². The van der Waals surface area contributed by atoms with Crippen LogP contribution in [0.2, 0.25) is 0 Å². The fourth-order valence-electron chi connectivity index (χ4n) is 2.34. The summed E-state index contributed by atoms with van der Waals surface area (Å²) < 4.78 is 29.0. The van der Waals surface area contributed by atoms with Crippen molar-refractivity contribution in [1.29, 1.82) is 0 Å². The second-order valence-corrected chi connectivity index (χ2v) is 11.4. The maximum absolute atomic E-state index is 12.6. The van der Waals surface area contributed by atoms with E-state index < -0.39 is 22.0 Å². The van der Waals surface area contributed by atoms with E-state index >= 15 is 0 Å². The highest BCUT2D eigenvalue weighted by Gasteiger charge is 2.28. The predicted octanol–water partition coefficient (Wildman–Crippen LogP) is 3.30. The molecule has 0 aliphatic heterocycles. The van der Waals surface area contributed by atoms with Crippen molar-refractivity contribution >= 4 is 33.1 Å². The summed E-state index contributed by atoms with van der Waals surface area (Å²) in [5.41, 5.74) is 0.327. The van der Waals surface area contributed by atoms with Gasteiger partial charge in [-0.1, -0.05) is 26.8 Å². The highest BCUT2D eigenvalue weighted by molar-refractivity contribution is 7.91. The maximum atomic E-state index is 12.6. The molecule has 0 spiro atoms. The van der Waals surface area contributed by atoms with Crippen molar-refractivity contribution in [1.82, 2.24) is 14.5 Å². The number of nitrogens with zero attached hydrogens (tertiary/aromatic N) is 2. The molecule has 0 saturated carbocycles. The molecule has 1 amide bonds. The molecule has 0 aliphatic rings. The van der Waals surface area contributed by atoms with Crippen molar-refractivity contribution in [2.45, 2.75) is 69.7 Å². The second kappa shape index (κ2) is 7.37. The number of hydrogen-bond acceptors (Lipinski definition) is 5. The number of amides is 1. The summed E-state index contributed by atoms with van der Waals surface area (Å²) in [5.74, 6) is 0.0978. The van der Waals surface area contributed by atoms with Gasteiger partial charge in [0, 0.05) is 11.5 Å². The molecule has 7 nitrogen and oxygen atoms in total. The van der Waals surface area contributed by atoms with Gasteiger partial charge in [0.2, 0.25) is 5.91 Å². The van der Waals surface area contributed by atoms with Crippen molar-refractivity contribution in [2.24, 2.45) is 0 Å². The van der Waals surface area contributed by atoms with E-state index in [1.165, 1.54) is 13.0 Å².